The van der Waals surface area contributed by atoms with Crippen LogP contribution in [0.3, 0.4) is 0 Å². The lowest BCUT2D eigenvalue weighted by atomic mass is 10.2. The van der Waals surface area contributed by atoms with Gasteiger partial charge in [0.05, 0.1) is 0 Å². The Kier molecular flexibility index (Phi) is 4.92. The van der Waals surface area contributed by atoms with Gasteiger partial charge >= 0.3 is 0 Å². The normalized spacial score (nSPS) is 14.8. The highest BCUT2D eigenvalue weighted by Crippen LogP contribution is 2.21. The number of halogens is 2. The largest absolute Gasteiger partial charge is 0.353 e. The van der Waals surface area contributed by atoms with Crippen LogP contribution in [0.15, 0.2) is 24.3 Å². The Morgan fingerprint density at radius 3 is 2.17 bits per heavy atom. The Balaban J connectivity index is 1.69. The first kappa shape index (κ1) is 17.0. The fourth-order valence-corrected chi connectivity index (χ4v) is 3.38. The number of hydrogen-bond donors (Lipinski definition) is 0. The van der Waals surface area contributed by atoms with Gasteiger partial charge in [0.25, 0.3) is 5.91 Å². The van der Waals surface area contributed by atoms with Gasteiger partial charge in [-0.3, -0.25) is 4.79 Å². The summed E-state index contributed by atoms with van der Waals surface area (Å²) in [6.45, 7) is 6.57. The Labute approximate surface area is 151 Å². The van der Waals surface area contributed by atoms with E-state index in [9.17, 15) is 4.79 Å². The van der Waals surface area contributed by atoms with E-state index in [4.69, 9.17) is 23.2 Å². The molecule has 0 unspecified atom stereocenters. The minimum Gasteiger partial charge on any atom is -0.353 e. The minimum atomic E-state index is -0.0471. The summed E-state index contributed by atoms with van der Waals surface area (Å²) in [6.07, 6.45) is 0. The zero-order chi connectivity index (χ0) is 17.3. The Morgan fingerprint density at radius 2 is 1.58 bits per heavy atom. The second kappa shape index (κ2) is 6.95. The number of anilines is 1. The molecular formula is C17H18Cl2N4O. The first-order chi connectivity index (χ1) is 11.4. The maximum Gasteiger partial charge on any atom is 0.254 e. The molecule has 1 saturated heterocycles. The monoisotopic (exact) mass is 364 g/mol. The number of piperazine rings is 1. The van der Waals surface area contributed by atoms with Crippen LogP contribution in [0.1, 0.15) is 21.9 Å². The lowest BCUT2D eigenvalue weighted by Gasteiger charge is -2.35. The van der Waals surface area contributed by atoms with Crippen LogP contribution in [0.25, 0.3) is 0 Å². The van der Waals surface area contributed by atoms with Crippen molar-refractivity contribution in [3.63, 3.8) is 0 Å². The molecule has 0 spiro atoms. The van der Waals surface area contributed by atoms with Gasteiger partial charge < -0.3 is 9.80 Å². The lowest BCUT2D eigenvalue weighted by molar-refractivity contribution is 0.0746. The highest BCUT2D eigenvalue weighted by atomic mass is 35.5. The van der Waals surface area contributed by atoms with Crippen molar-refractivity contribution in [2.75, 3.05) is 31.1 Å². The summed E-state index contributed by atoms with van der Waals surface area (Å²) in [6, 6.07) is 6.90. The quantitative estimate of drug-likeness (QED) is 0.819. The molecule has 126 valence electrons. The summed E-state index contributed by atoms with van der Waals surface area (Å²) in [5, 5.41) is 0.938. The van der Waals surface area contributed by atoms with E-state index in [-0.39, 0.29) is 5.91 Å². The van der Waals surface area contributed by atoms with Crippen LogP contribution in [0.2, 0.25) is 10.0 Å². The summed E-state index contributed by atoms with van der Waals surface area (Å²) < 4.78 is 0. The molecule has 1 aromatic carbocycles. The summed E-state index contributed by atoms with van der Waals surface area (Å²) >= 11 is 12.0. The topological polar surface area (TPSA) is 49.3 Å². The summed E-state index contributed by atoms with van der Waals surface area (Å²) in [5.41, 5.74) is 1.47. The first-order valence-corrected chi connectivity index (χ1v) is 8.50. The molecule has 0 radical (unpaired) electrons. The molecule has 0 N–H and O–H groups in total. The van der Waals surface area contributed by atoms with E-state index in [0.717, 1.165) is 30.4 Å². The van der Waals surface area contributed by atoms with Gasteiger partial charge in [0, 0.05) is 53.5 Å². The van der Waals surface area contributed by atoms with Crippen molar-refractivity contribution in [2.45, 2.75) is 13.8 Å². The van der Waals surface area contributed by atoms with Gasteiger partial charge in [-0.05, 0) is 32.0 Å². The molecule has 1 fully saturated rings. The number of carbonyl (C=O) groups is 1. The number of carbonyl (C=O) groups excluding carboxylic acids is 1. The summed E-state index contributed by atoms with van der Waals surface area (Å²) in [4.78, 5) is 25.4. The molecule has 2 aromatic rings. The molecule has 5 nitrogen and oxygen atoms in total. The maximum absolute atomic E-state index is 12.6. The average molecular weight is 365 g/mol. The third-order valence-electron chi connectivity index (χ3n) is 3.95. The van der Waals surface area contributed by atoms with E-state index in [0.29, 0.717) is 28.7 Å². The fraction of sp³-hybridized carbons (Fsp3) is 0.353. The predicted molar refractivity (Wildman–Crippen MR) is 96.1 cm³/mol. The van der Waals surface area contributed by atoms with Gasteiger partial charge in [-0.2, -0.15) is 0 Å². The highest BCUT2D eigenvalue weighted by molar-refractivity contribution is 6.35. The van der Waals surface area contributed by atoms with Crippen molar-refractivity contribution in [1.82, 2.24) is 14.9 Å². The lowest BCUT2D eigenvalue weighted by Crippen LogP contribution is -2.49. The van der Waals surface area contributed by atoms with Crippen LogP contribution < -0.4 is 4.90 Å². The van der Waals surface area contributed by atoms with Crippen LogP contribution in [0.4, 0.5) is 5.82 Å². The Hall–Kier alpha value is -1.85. The smallest absolute Gasteiger partial charge is 0.254 e. The number of hydrogen-bond acceptors (Lipinski definition) is 4. The molecule has 1 amide bonds. The van der Waals surface area contributed by atoms with Gasteiger partial charge in [0.2, 0.25) is 0 Å². The Bertz CT molecular complexity index is 733. The molecule has 1 aliphatic rings. The van der Waals surface area contributed by atoms with Gasteiger partial charge in [-0.15, -0.1) is 0 Å². The van der Waals surface area contributed by atoms with Gasteiger partial charge in [0.1, 0.15) is 11.6 Å². The second-order valence-corrected chi connectivity index (χ2v) is 6.72. The van der Waals surface area contributed by atoms with Crippen molar-refractivity contribution in [1.29, 1.82) is 0 Å². The first-order valence-electron chi connectivity index (χ1n) is 7.75. The van der Waals surface area contributed by atoms with Gasteiger partial charge in [-0.1, -0.05) is 23.2 Å². The predicted octanol–water partition coefficient (Wildman–Crippen LogP) is 3.36. The molecule has 1 aromatic heterocycles. The van der Waals surface area contributed by atoms with Crippen molar-refractivity contribution in [3.8, 4) is 0 Å². The SMILES string of the molecule is Cc1cc(N2CCN(C(=O)c3cc(Cl)cc(Cl)c3)CC2)nc(C)n1. The number of benzene rings is 1. The van der Waals surface area contributed by atoms with E-state index in [2.05, 4.69) is 14.9 Å². The fourth-order valence-electron chi connectivity index (χ4n) is 2.86. The van der Waals surface area contributed by atoms with Crippen molar-refractivity contribution in [3.05, 3.63) is 51.4 Å². The van der Waals surface area contributed by atoms with Gasteiger partial charge in [0.15, 0.2) is 0 Å². The molecule has 1 aliphatic heterocycles. The molecule has 0 bridgehead atoms. The zero-order valence-corrected chi connectivity index (χ0v) is 15.1. The van der Waals surface area contributed by atoms with E-state index >= 15 is 0 Å². The van der Waals surface area contributed by atoms with Crippen molar-refractivity contribution < 1.29 is 4.79 Å². The van der Waals surface area contributed by atoms with Crippen molar-refractivity contribution >= 4 is 34.9 Å². The van der Waals surface area contributed by atoms with Crippen LogP contribution in [-0.2, 0) is 0 Å². The maximum atomic E-state index is 12.6. The molecule has 0 atom stereocenters. The second-order valence-electron chi connectivity index (χ2n) is 5.85. The molecular weight excluding hydrogens is 347 g/mol. The number of aromatic nitrogens is 2. The number of rotatable bonds is 2. The molecule has 2 heterocycles. The van der Waals surface area contributed by atoms with Crippen LogP contribution in [-0.4, -0.2) is 47.0 Å². The number of nitrogens with zero attached hydrogens (tertiary/aromatic N) is 4. The molecule has 3 rings (SSSR count). The summed E-state index contributed by atoms with van der Waals surface area (Å²) in [5.74, 6) is 1.63. The highest BCUT2D eigenvalue weighted by Gasteiger charge is 2.23. The average Bonchev–Trinajstić information content (AvgIpc) is 2.52. The van der Waals surface area contributed by atoms with E-state index in [1.165, 1.54) is 0 Å². The number of aryl methyl sites for hydroxylation is 2. The van der Waals surface area contributed by atoms with Crippen LogP contribution in [0, 0.1) is 13.8 Å². The molecule has 24 heavy (non-hydrogen) atoms. The van der Waals surface area contributed by atoms with Crippen LogP contribution >= 0.6 is 23.2 Å². The van der Waals surface area contributed by atoms with E-state index < -0.39 is 0 Å². The third kappa shape index (κ3) is 3.79. The third-order valence-corrected chi connectivity index (χ3v) is 4.39. The standard InChI is InChI=1S/C17H18Cl2N4O/c1-11-7-16(21-12(2)20-11)22-3-5-23(6-4-22)17(24)13-8-14(18)10-15(19)9-13/h7-10H,3-6H2,1-2H3. The molecule has 7 heteroatoms. The zero-order valence-electron chi connectivity index (χ0n) is 13.6. The van der Waals surface area contributed by atoms with Gasteiger partial charge in [-0.25, -0.2) is 9.97 Å². The Morgan fingerprint density at radius 1 is 0.958 bits per heavy atom. The van der Waals surface area contributed by atoms with Crippen molar-refractivity contribution in [2.24, 2.45) is 0 Å². The molecule has 0 aliphatic carbocycles. The molecule has 0 saturated carbocycles. The van der Waals surface area contributed by atoms with E-state index in [1.54, 1.807) is 18.2 Å². The summed E-state index contributed by atoms with van der Waals surface area (Å²) in [7, 11) is 0. The van der Waals surface area contributed by atoms with Crippen LogP contribution in [0.5, 0.6) is 0 Å². The minimum absolute atomic E-state index is 0.0471. The number of amides is 1. The van der Waals surface area contributed by atoms with E-state index in [1.807, 2.05) is 24.8 Å².